The third-order valence-corrected chi connectivity index (χ3v) is 3.59. The number of aromatic nitrogens is 3. The summed E-state index contributed by atoms with van der Waals surface area (Å²) in [5.74, 6) is 0.483. The Morgan fingerprint density at radius 1 is 1.45 bits per heavy atom. The number of nitrogens with zero attached hydrogens (tertiary/aromatic N) is 4. The van der Waals surface area contributed by atoms with E-state index in [2.05, 4.69) is 15.6 Å². The molecule has 1 N–H and O–H groups in total. The van der Waals surface area contributed by atoms with Crippen LogP contribution in [0.2, 0.25) is 0 Å². The highest BCUT2D eigenvalue weighted by atomic mass is 16.6. The summed E-state index contributed by atoms with van der Waals surface area (Å²) >= 11 is 0. The highest BCUT2D eigenvalue weighted by Crippen LogP contribution is 2.18. The topological polar surface area (TPSA) is 72.3 Å². The second-order valence-electron chi connectivity index (χ2n) is 6.80. The fourth-order valence-electron chi connectivity index (χ4n) is 2.58. The first-order chi connectivity index (χ1) is 10.4. The van der Waals surface area contributed by atoms with Gasteiger partial charge in [0, 0.05) is 25.8 Å². The maximum absolute atomic E-state index is 12.1. The Bertz CT molecular complexity index is 455. The van der Waals surface area contributed by atoms with Crippen LogP contribution in [0.15, 0.2) is 12.4 Å². The lowest BCUT2D eigenvalue weighted by Gasteiger charge is -2.34. The van der Waals surface area contributed by atoms with E-state index < -0.39 is 5.60 Å². The maximum atomic E-state index is 12.1. The van der Waals surface area contributed by atoms with E-state index in [9.17, 15) is 4.79 Å². The highest BCUT2D eigenvalue weighted by molar-refractivity contribution is 5.68. The molecule has 0 saturated carbocycles. The third kappa shape index (κ3) is 5.63. The first-order valence-electron chi connectivity index (χ1n) is 7.97. The summed E-state index contributed by atoms with van der Waals surface area (Å²) in [6.45, 7) is 9.84. The smallest absolute Gasteiger partial charge is 0.410 e. The van der Waals surface area contributed by atoms with Crippen LogP contribution in [0.3, 0.4) is 0 Å². The number of amides is 1. The second kappa shape index (κ2) is 7.58. The lowest BCUT2D eigenvalue weighted by molar-refractivity contribution is 0.0166. The lowest BCUT2D eigenvalue weighted by Crippen LogP contribution is -2.45. The maximum Gasteiger partial charge on any atom is 0.410 e. The van der Waals surface area contributed by atoms with Crippen LogP contribution in [0.5, 0.6) is 0 Å². The van der Waals surface area contributed by atoms with Gasteiger partial charge in [0.2, 0.25) is 0 Å². The van der Waals surface area contributed by atoms with Gasteiger partial charge in [0.05, 0.1) is 12.7 Å². The fraction of sp³-hybridized carbons (Fsp3) is 0.800. The second-order valence-corrected chi connectivity index (χ2v) is 6.80. The molecule has 0 radical (unpaired) electrons. The van der Waals surface area contributed by atoms with Crippen molar-refractivity contribution >= 4 is 6.09 Å². The molecule has 7 heteroatoms. The van der Waals surface area contributed by atoms with Gasteiger partial charge in [-0.15, -0.1) is 5.10 Å². The van der Waals surface area contributed by atoms with Crippen molar-refractivity contribution in [1.82, 2.24) is 25.2 Å². The standard InChI is InChI=1S/C15H27N5O2/c1-15(2,3)22-14(21)19-8-4-5-13(12-19)11-16-6-9-20-10-7-17-18-20/h7,10,13,16H,4-6,8-9,11-12H2,1-3H3. The number of rotatable bonds is 5. The van der Waals surface area contributed by atoms with Gasteiger partial charge >= 0.3 is 6.09 Å². The molecule has 7 nitrogen and oxygen atoms in total. The van der Waals surface area contributed by atoms with Gasteiger partial charge in [0.25, 0.3) is 0 Å². The molecular weight excluding hydrogens is 282 g/mol. The van der Waals surface area contributed by atoms with Crippen LogP contribution in [0.1, 0.15) is 33.6 Å². The number of nitrogens with one attached hydrogen (secondary N) is 1. The Hall–Kier alpha value is -1.63. The first kappa shape index (κ1) is 16.7. The molecule has 1 aliphatic heterocycles. The Morgan fingerprint density at radius 2 is 2.27 bits per heavy atom. The van der Waals surface area contributed by atoms with Gasteiger partial charge in [-0.2, -0.15) is 0 Å². The largest absolute Gasteiger partial charge is 0.444 e. The predicted octanol–water partition coefficient (Wildman–Crippen LogP) is 1.51. The minimum atomic E-state index is -0.430. The van der Waals surface area contributed by atoms with Gasteiger partial charge in [-0.1, -0.05) is 5.21 Å². The van der Waals surface area contributed by atoms with Crippen LogP contribution in [0, 0.1) is 5.92 Å². The van der Waals surface area contributed by atoms with E-state index in [0.717, 1.165) is 45.6 Å². The summed E-state index contributed by atoms with van der Waals surface area (Å²) in [7, 11) is 0. The van der Waals surface area contributed by atoms with Crippen molar-refractivity contribution in [3.05, 3.63) is 12.4 Å². The molecule has 0 aromatic carbocycles. The average molecular weight is 309 g/mol. The zero-order chi connectivity index (χ0) is 16.0. The normalized spacial score (nSPS) is 19.2. The summed E-state index contributed by atoms with van der Waals surface area (Å²) in [6.07, 6.45) is 5.52. The van der Waals surface area contributed by atoms with Crippen LogP contribution in [0.4, 0.5) is 4.79 Å². The fourth-order valence-corrected chi connectivity index (χ4v) is 2.58. The summed E-state index contributed by atoms with van der Waals surface area (Å²) in [5, 5.41) is 11.1. The summed E-state index contributed by atoms with van der Waals surface area (Å²) in [5.41, 5.74) is -0.430. The molecule has 1 saturated heterocycles. The van der Waals surface area contributed by atoms with E-state index in [1.54, 1.807) is 10.9 Å². The van der Waals surface area contributed by atoms with Gasteiger partial charge in [-0.25, -0.2) is 4.79 Å². The van der Waals surface area contributed by atoms with Crippen LogP contribution >= 0.6 is 0 Å². The van der Waals surface area contributed by atoms with E-state index in [0.29, 0.717) is 5.92 Å². The molecule has 0 bridgehead atoms. The van der Waals surface area contributed by atoms with Crippen molar-refractivity contribution in [2.24, 2.45) is 5.92 Å². The van der Waals surface area contributed by atoms with Crippen LogP contribution < -0.4 is 5.32 Å². The number of piperidine rings is 1. The van der Waals surface area contributed by atoms with Crippen molar-refractivity contribution in [3.63, 3.8) is 0 Å². The molecule has 22 heavy (non-hydrogen) atoms. The number of carbonyl (C=O) groups excluding carboxylic acids is 1. The Kier molecular flexibility index (Phi) is 5.76. The predicted molar refractivity (Wildman–Crippen MR) is 83.4 cm³/mol. The van der Waals surface area contributed by atoms with Crippen molar-refractivity contribution in [1.29, 1.82) is 0 Å². The van der Waals surface area contributed by atoms with Crippen molar-refractivity contribution in [2.45, 2.75) is 45.8 Å². The average Bonchev–Trinajstić information content (AvgIpc) is 2.95. The van der Waals surface area contributed by atoms with Crippen molar-refractivity contribution < 1.29 is 9.53 Å². The summed E-state index contributed by atoms with van der Waals surface area (Å²) < 4.78 is 7.25. The van der Waals surface area contributed by atoms with E-state index in [1.165, 1.54) is 0 Å². The summed E-state index contributed by atoms with van der Waals surface area (Å²) in [6, 6.07) is 0. The molecule has 124 valence electrons. The lowest BCUT2D eigenvalue weighted by atomic mass is 9.98. The molecule has 1 amide bonds. The quantitative estimate of drug-likeness (QED) is 0.835. The molecule has 1 atom stereocenters. The SMILES string of the molecule is CC(C)(C)OC(=O)N1CCCC(CNCCn2ccnn2)C1. The first-order valence-corrected chi connectivity index (χ1v) is 7.97. The van der Waals surface area contributed by atoms with E-state index in [1.807, 2.05) is 31.9 Å². The third-order valence-electron chi connectivity index (χ3n) is 3.59. The molecule has 1 aromatic rings. The molecule has 2 heterocycles. The number of ether oxygens (including phenoxy) is 1. The minimum absolute atomic E-state index is 0.195. The molecular formula is C15H27N5O2. The number of carbonyl (C=O) groups is 1. The molecule has 2 rings (SSSR count). The van der Waals surface area contributed by atoms with Gasteiger partial charge in [0.15, 0.2) is 0 Å². The Labute approximate surface area is 132 Å². The molecule has 1 aliphatic rings. The van der Waals surface area contributed by atoms with Gasteiger partial charge in [-0.05, 0) is 46.1 Å². The van der Waals surface area contributed by atoms with E-state index in [4.69, 9.17) is 4.74 Å². The van der Waals surface area contributed by atoms with Crippen molar-refractivity contribution in [2.75, 3.05) is 26.2 Å². The molecule has 0 aliphatic carbocycles. The monoisotopic (exact) mass is 309 g/mol. The Morgan fingerprint density at radius 3 is 2.95 bits per heavy atom. The summed E-state index contributed by atoms with van der Waals surface area (Å²) in [4.78, 5) is 13.9. The zero-order valence-electron chi connectivity index (χ0n) is 13.8. The van der Waals surface area contributed by atoms with Gasteiger partial charge in [0.1, 0.15) is 5.60 Å². The Balaban J connectivity index is 1.68. The molecule has 1 fully saturated rings. The zero-order valence-corrected chi connectivity index (χ0v) is 13.8. The highest BCUT2D eigenvalue weighted by Gasteiger charge is 2.27. The minimum Gasteiger partial charge on any atom is -0.444 e. The van der Waals surface area contributed by atoms with E-state index >= 15 is 0 Å². The van der Waals surface area contributed by atoms with Crippen LogP contribution in [-0.2, 0) is 11.3 Å². The van der Waals surface area contributed by atoms with Gasteiger partial charge in [-0.3, -0.25) is 4.68 Å². The molecule has 0 spiro atoms. The molecule has 1 aromatic heterocycles. The number of hydrogen-bond donors (Lipinski definition) is 1. The van der Waals surface area contributed by atoms with Crippen LogP contribution in [0.25, 0.3) is 0 Å². The molecule has 1 unspecified atom stereocenters. The van der Waals surface area contributed by atoms with E-state index in [-0.39, 0.29) is 6.09 Å². The number of likely N-dealkylation sites (tertiary alicyclic amines) is 1. The van der Waals surface area contributed by atoms with Crippen molar-refractivity contribution in [3.8, 4) is 0 Å². The van der Waals surface area contributed by atoms with Crippen LogP contribution in [-0.4, -0.2) is 57.8 Å². The number of hydrogen-bond acceptors (Lipinski definition) is 5. The van der Waals surface area contributed by atoms with Gasteiger partial charge < -0.3 is 15.0 Å².